The van der Waals surface area contributed by atoms with Crippen LogP contribution in [0.2, 0.25) is 0 Å². The summed E-state index contributed by atoms with van der Waals surface area (Å²) in [5.41, 5.74) is 1.82. The monoisotopic (exact) mass is 558 g/mol. The molecule has 0 radical (unpaired) electrons. The first-order chi connectivity index (χ1) is 19.1. The van der Waals surface area contributed by atoms with E-state index >= 15 is 4.39 Å². The van der Waals surface area contributed by atoms with Crippen molar-refractivity contribution in [2.45, 2.75) is 20.0 Å². The molecule has 2 heterocycles. The minimum Gasteiger partial charge on any atom is -0.353 e. The van der Waals surface area contributed by atoms with Crippen molar-refractivity contribution in [3.8, 4) is 11.4 Å². The van der Waals surface area contributed by atoms with Gasteiger partial charge in [-0.3, -0.25) is 9.78 Å². The summed E-state index contributed by atoms with van der Waals surface area (Å²) in [6.45, 7) is 4.45. The van der Waals surface area contributed by atoms with Crippen molar-refractivity contribution < 1.29 is 32.0 Å². The molecule has 9 nitrogen and oxygen atoms in total. The normalized spacial score (nSPS) is 11.6. The van der Waals surface area contributed by atoms with Gasteiger partial charge in [-0.2, -0.15) is 18.2 Å². The van der Waals surface area contributed by atoms with E-state index in [0.717, 1.165) is 28.7 Å². The highest BCUT2D eigenvalue weighted by Crippen LogP contribution is 2.25. The highest BCUT2D eigenvalue weighted by molar-refractivity contribution is 5.95. The summed E-state index contributed by atoms with van der Waals surface area (Å²) in [5.74, 6) is -4.55. The van der Waals surface area contributed by atoms with Crippen LogP contribution in [0.5, 0.6) is 0 Å². The number of hydroxylamine groups is 2. The molecule has 210 valence electrons. The van der Waals surface area contributed by atoms with Crippen LogP contribution in [0.15, 0.2) is 60.9 Å². The van der Waals surface area contributed by atoms with Gasteiger partial charge in [0.15, 0.2) is 0 Å². The van der Waals surface area contributed by atoms with Gasteiger partial charge in [0.05, 0.1) is 30.2 Å². The van der Waals surface area contributed by atoms with Gasteiger partial charge in [0.25, 0.3) is 5.91 Å². The van der Waals surface area contributed by atoms with E-state index in [0.29, 0.717) is 18.8 Å². The number of para-hydroxylation sites is 1. The molecule has 2 aromatic heterocycles. The molecule has 0 aliphatic carbocycles. The number of fused-ring (bicyclic) bond motifs is 1. The predicted molar refractivity (Wildman–Crippen MR) is 140 cm³/mol. The number of likely N-dealkylation sites (N-methyl/N-ethyl adjacent to an activating group) is 1. The second-order valence-corrected chi connectivity index (χ2v) is 8.69. The van der Waals surface area contributed by atoms with E-state index in [2.05, 4.69) is 25.1 Å². The van der Waals surface area contributed by atoms with Crippen LogP contribution in [0.1, 0.15) is 24.2 Å². The number of aromatic amines is 1. The summed E-state index contributed by atoms with van der Waals surface area (Å²) in [7, 11) is 0. The average molecular weight is 559 g/mol. The van der Waals surface area contributed by atoms with Crippen LogP contribution in [0.4, 0.5) is 29.1 Å². The molecule has 0 unspecified atom stereocenters. The molecule has 40 heavy (non-hydrogen) atoms. The van der Waals surface area contributed by atoms with Crippen molar-refractivity contribution in [1.82, 2.24) is 24.9 Å². The summed E-state index contributed by atoms with van der Waals surface area (Å²) in [6.07, 6.45) is -2.34. The number of H-pyrrole nitrogens is 1. The maximum Gasteiger partial charge on any atom is 0.493 e. The maximum atomic E-state index is 15.0. The van der Waals surface area contributed by atoms with E-state index in [1.165, 1.54) is 12.3 Å². The maximum absolute atomic E-state index is 15.0. The number of benzene rings is 2. The molecule has 0 atom stereocenters. The van der Waals surface area contributed by atoms with Gasteiger partial charge >= 0.3 is 12.1 Å². The number of carbonyl (C=O) groups is 2. The highest BCUT2D eigenvalue weighted by Gasteiger charge is 2.43. The Hall–Kier alpha value is -4.52. The van der Waals surface area contributed by atoms with E-state index in [9.17, 15) is 22.8 Å². The first-order valence-corrected chi connectivity index (χ1v) is 12.4. The second kappa shape index (κ2) is 12.1. The van der Waals surface area contributed by atoms with Gasteiger partial charge in [0.1, 0.15) is 17.3 Å². The minimum absolute atomic E-state index is 0.108. The molecule has 0 spiro atoms. The number of halogens is 4. The molecule has 0 fully saturated rings. The molecule has 4 rings (SSSR count). The van der Waals surface area contributed by atoms with Crippen molar-refractivity contribution >= 4 is 34.3 Å². The Morgan fingerprint density at radius 2 is 1.77 bits per heavy atom. The lowest BCUT2D eigenvalue weighted by molar-refractivity contribution is -0.228. The molecule has 0 aliphatic rings. The molecule has 1 amide bonds. The molecule has 0 saturated carbocycles. The number of nitrogens with one attached hydrogen (secondary N) is 2. The van der Waals surface area contributed by atoms with Crippen molar-refractivity contribution in [2.24, 2.45) is 0 Å². The Labute approximate surface area is 226 Å². The van der Waals surface area contributed by atoms with E-state index in [1.807, 2.05) is 44.2 Å². The first kappa shape index (κ1) is 28.5. The third kappa shape index (κ3) is 6.72. The van der Waals surface area contributed by atoms with Gasteiger partial charge in [-0.1, -0.05) is 32.0 Å². The number of amides is 1. The lowest BCUT2D eigenvalue weighted by Crippen LogP contribution is -2.43. The number of hydrogen-bond acceptors (Lipinski definition) is 7. The van der Waals surface area contributed by atoms with E-state index in [1.54, 1.807) is 11.1 Å². The van der Waals surface area contributed by atoms with Crippen LogP contribution < -0.4 is 5.32 Å². The molecular formula is C27H26F4N6O3. The molecule has 0 aliphatic heterocycles. The fourth-order valence-corrected chi connectivity index (χ4v) is 3.93. The zero-order valence-corrected chi connectivity index (χ0v) is 21.6. The van der Waals surface area contributed by atoms with Crippen molar-refractivity contribution in [1.29, 1.82) is 0 Å². The summed E-state index contributed by atoms with van der Waals surface area (Å²) in [6, 6.07) is 13.0. The standard InChI is InChI=1S/C27H26F4N6O3/c1-3-36(4-2)11-12-37(40-26(39)27(29,30)31)25(38)19-10-9-18(14-20(19)28)33-24-16-32-15-23(35-24)22-13-17-7-5-6-8-21(17)34-22/h5-10,13-16,34H,3-4,11-12H2,1-2H3,(H,33,35). The molecule has 4 aromatic rings. The average Bonchev–Trinajstić information content (AvgIpc) is 3.37. The summed E-state index contributed by atoms with van der Waals surface area (Å²) >= 11 is 0. The SMILES string of the molecule is CCN(CC)CCN(OC(=O)C(F)(F)F)C(=O)c1ccc(Nc2cncc(-c3cc4ccccc4[nH]3)n2)cc1F. The second-order valence-electron chi connectivity index (χ2n) is 8.69. The van der Waals surface area contributed by atoms with Gasteiger partial charge in [-0.05, 0) is 43.4 Å². The van der Waals surface area contributed by atoms with Crippen LogP contribution in [-0.2, 0) is 9.63 Å². The molecule has 13 heteroatoms. The van der Waals surface area contributed by atoms with Crippen molar-refractivity contribution in [3.05, 3.63) is 72.3 Å². The summed E-state index contributed by atoms with van der Waals surface area (Å²) in [4.78, 5) is 42.4. The Bertz CT molecular complexity index is 1470. The number of anilines is 2. The van der Waals surface area contributed by atoms with Crippen LogP contribution in [0.3, 0.4) is 0 Å². The Morgan fingerprint density at radius 1 is 1.02 bits per heavy atom. The minimum atomic E-state index is -5.33. The van der Waals surface area contributed by atoms with Crippen LogP contribution in [0, 0.1) is 5.82 Å². The Morgan fingerprint density at radius 3 is 2.45 bits per heavy atom. The number of hydrogen-bond donors (Lipinski definition) is 2. The van der Waals surface area contributed by atoms with Gasteiger partial charge in [0.2, 0.25) is 0 Å². The Balaban J connectivity index is 1.52. The molecule has 2 aromatic carbocycles. The third-order valence-electron chi connectivity index (χ3n) is 6.08. The molecule has 0 saturated heterocycles. The number of carbonyl (C=O) groups excluding carboxylic acids is 2. The molecule has 0 bridgehead atoms. The zero-order valence-electron chi connectivity index (χ0n) is 21.6. The highest BCUT2D eigenvalue weighted by atomic mass is 19.4. The molecular weight excluding hydrogens is 532 g/mol. The number of aromatic nitrogens is 3. The quantitative estimate of drug-likeness (QED) is 0.212. The van der Waals surface area contributed by atoms with Gasteiger partial charge in [-0.15, -0.1) is 0 Å². The van der Waals surface area contributed by atoms with Crippen LogP contribution in [-0.4, -0.2) is 69.1 Å². The van der Waals surface area contributed by atoms with Gasteiger partial charge < -0.3 is 20.0 Å². The van der Waals surface area contributed by atoms with Crippen molar-refractivity contribution in [2.75, 3.05) is 31.5 Å². The van der Waals surface area contributed by atoms with Crippen LogP contribution >= 0.6 is 0 Å². The Kier molecular flexibility index (Phi) is 8.63. The number of nitrogens with zero attached hydrogens (tertiary/aromatic N) is 4. The lowest BCUT2D eigenvalue weighted by Gasteiger charge is -2.25. The topological polar surface area (TPSA) is 103 Å². The molecule has 2 N–H and O–H groups in total. The smallest absolute Gasteiger partial charge is 0.353 e. The van der Waals surface area contributed by atoms with Gasteiger partial charge in [0, 0.05) is 23.1 Å². The van der Waals surface area contributed by atoms with E-state index < -0.39 is 36.0 Å². The predicted octanol–water partition coefficient (Wildman–Crippen LogP) is 5.31. The summed E-state index contributed by atoms with van der Waals surface area (Å²) in [5, 5.41) is 4.12. The fraction of sp³-hybridized carbons (Fsp3) is 0.259. The van der Waals surface area contributed by atoms with Crippen LogP contribution in [0.25, 0.3) is 22.3 Å². The first-order valence-electron chi connectivity index (χ1n) is 12.4. The summed E-state index contributed by atoms with van der Waals surface area (Å²) < 4.78 is 53.5. The fourth-order valence-electron chi connectivity index (χ4n) is 3.93. The number of alkyl halides is 3. The third-order valence-corrected chi connectivity index (χ3v) is 6.08. The van der Waals surface area contributed by atoms with Crippen molar-refractivity contribution in [3.63, 3.8) is 0 Å². The van der Waals surface area contributed by atoms with Gasteiger partial charge in [-0.25, -0.2) is 14.2 Å². The zero-order chi connectivity index (χ0) is 28.9. The lowest BCUT2D eigenvalue weighted by atomic mass is 10.1. The number of rotatable bonds is 9. The van der Waals surface area contributed by atoms with E-state index in [-0.39, 0.29) is 23.1 Å². The largest absolute Gasteiger partial charge is 0.493 e. The van der Waals surface area contributed by atoms with E-state index in [4.69, 9.17) is 0 Å².